The van der Waals surface area contributed by atoms with Crippen molar-refractivity contribution in [3.63, 3.8) is 0 Å². The van der Waals surface area contributed by atoms with Gasteiger partial charge in [-0.15, -0.1) is 0 Å². The molecule has 0 unspecified atom stereocenters. The largest absolute Gasteiger partial charge is 0.478 e. The molecular weight excluding hydrogens is 334 g/mol. The lowest BCUT2D eigenvalue weighted by Crippen LogP contribution is -2.09. The van der Waals surface area contributed by atoms with E-state index >= 15 is 0 Å². The maximum absolute atomic E-state index is 11.3. The van der Waals surface area contributed by atoms with Crippen molar-refractivity contribution in [3.05, 3.63) is 44.7 Å². The number of halogens is 1. The number of H-pyrrole nitrogens is 1. The lowest BCUT2D eigenvalue weighted by molar-refractivity contribution is 0.0693. The Balaban J connectivity index is 2.45. The van der Waals surface area contributed by atoms with Crippen molar-refractivity contribution < 1.29 is 9.90 Å². The van der Waals surface area contributed by atoms with Crippen LogP contribution in [0.4, 0.5) is 5.82 Å². The Bertz CT molecular complexity index is 702. The summed E-state index contributed by atoms with van der Waals surface area (Å²) < 4.78 is 0.728. The Morgan fingerprint density at radius 1 is 1.42 bits per heavy atom. The first-order valence-corrected chi connectivity index (χ1v) is 6.64. The van der Waals surface area contributed by atoms with Gasteiger partial charge in [0.2, 0.25) is 0 Å². The third-order valence-corrected chi connectivity index (χ3v) is 3.56. The monoisotopic (exact) mass is 341 g/mol. The summed E-state index contributed by atoms with van der Waals surface area (Å²) in [4.78, 5) is 29.3. The first kappa shape index (κ1) is 13.6. The van der Waals surface area contributed by atoms with Crippen LogP contribution in [0, 0.1) is 0 Å². The molecule has 0 spiro atoms. The second kappa shape index (κ2) is 5.45. The number of carbonyl (C=O) groups is 1. The summed E-state index contributed by atoms with van der Waals surface area (Å²) in [6, 6.07) is 5.89. The zero-order valence-electron chi connectivity index (χ0n) is 9.38. The number of hydrogen-bond donors (Lipinski definition) is 3. The molecule has 6 nitrogen and oxygen atoms in total. The second-order valence-electron chi connectivity index (χ2n) is 3.52. The average Bonchev–Trinajstić information content (AvgIpc) is 2.26. The number of aromatic amines is 1. The molecule has 0 fully saturated rings. The molecule has 0 aliphatic heterocycles. The van der Waals surface area contributed by atoms with Crippen LogP contribution in [0.3, 0.4) is 0 Å². The van der Waals surface area contributed by atoms with Crippen LogP contribution < -0.4 is 11.3 Å². The van der Waals surface area contributed by atoms with Crippen molar-refractivity contribution >= 4 is 39.5 Å². The Hall–Kier alpha value is -1.80. The number of aromatic carboxylic acids is 1. The molecule has 0 bridgehead atoms. The third kappa shape index (κ3) is 3.36. The predicted octanol–water partition coefficient (Wildman–Crippen LogP) is 1.96. The molecule has 0 saturated heterocycles. The summed E-state index contributed by atoms with van der Waals surface area (Å²) in [6.07, 6.45) is 0. The lowest BCUT2D eigenvalue weighted by Gasteiger charge is -2.06. The number of nitrogens with zero attached hydrogens (tertiary/aromatic N) is 1. The predicted molar refractivity (Wildman–Crippen MR) is 74.5 cm³/mol. The number of nitrogens with one attached hydrogen (secondary N) is 1. The summed E-state index contributed by atoms with van der Waals surface area (Å²) in [7, 11) is 0. The molecule has 19 heavy (non-hydrogen) atoms. The van der Waals surface area contributed by atoms with Gasteiger partial charge in [0.05, 0.1) is 5.56 Å². The summed E-state index contributed by atoms with van der Waals surface area (Å²) >= 11 is 4.29. The summed E-state index contributed by atoms with van der Waals surface area (Å²) in [5.74, 6) is -0.973. The molecule has 98 valence electrons. The number of carboxylic acids is 1. The minimum atomic E-state index is -1.05. The molecule has 0 radical (unpaired) electrons. The number of nitrogen functional groups attached to an aromatic ring is 1. The Morgan fingerprint density at radius 3 is 2.79 bits per heavy atom. The van der Waals surface area contributed by atoms with Crippen LogP contribution in [-0.4, -0.2) is 21.0 Å². The number of rotatable bonds is 3. The van der Waals surface area contributed by atoms with E-state index in [1.807, 2.05) is 0 Å². The third-order valence-electron chi connectivity index (χ3n) is 2.12. The van der Waals surface area contributed by atoms with Crippen molar-refractivity contribution in [1.29, 1.82) is 0 Å². The van der Waals surface area contributed by atoms with E-state index in [0.717, 1.165) is 22.3 Å². The average molecular weight is 342 g/mol. The van der Waals surface area contributed by atoms with Crippen LogP contribution in [0.25, 0.3) is 0 Å². The molecule has 1 aromatic carbocycles. The van der Waals surface area contributed by atoms with E-state index in [1.54, 1.807) is 12.1 Å². The molecule has 4 N–H and O–H groups in total. The first-order valence-electron chi connectivity index (χ1n) is 5.03. The second-order valence-corrected chi connectivity index (χ2v) is 5.47. The fourth-order valence-corrected chi connectivity index (χ4v) is 2.84. The highest BCUT2D eigenvalue weighted by Crippen LogP contribution is 2.30. The number of hydrogen-bond acceptors (Lipinski definition) is 5. The molecule has 0 amide bonds. The molecular formula is C11H8BrN3O3S. The highest BCUT2D eigenvalue weighted by Gasteiger charge is 2.13. The van der Waals surface area contributed by atoms with Crippen LogP contribution in [0.5, 0.6) is 0 Å². The highest BCUT2D eigenvalue weighted by atomic mass is 79.9. The standard InChI is InChI=1S/C11H8BrN3O3S/c12-5-1-2-6(10(17)18)7(3-5)19-11-14-8(13)4-9(16)15-11/h1-4H,(H,17,18)(H3,13,14,15,16). The molecule has 1 aromatic heterocycles. The molecule has 0 aliphatic carbocycles. The van der Waals surface area contributed by atoms with E-state index in [-0.39, 0.29) is 22.1 Å². The number of anilines is 1. The van der Waals surface area contributed by atoms with E-state index in [9.17, 15) is 9.59 Å². The molecule has 2 rings (SSSR count). The topological polar surface area (TPSA) is 109 Å². The Morgan fingerprint density at radius 2 is 2.16 bits per heavy atom. The minimum Gasteiger partial charge on any atom is -0.478 e. The quantitative estimate of drug-likeness (QED) is 0.736. The summed E-state index contributed by atoms with van der Waals surface area (Å²) in [5, 5.41) is 9.34. The van der Waals surface area contributed by atoms with Gasteiger partial charge < -0.3 is 15.8 Å². The van der Waals surface area contributed by atoms with E-state index in [4.69, 9.17) is 10.8 Å². The van der Waals surface area contributed by atoms with Gasteiger partial charge in [-0.1, -0.05) is 27.7 Å². The summed E-state index contributed by atoms with van der Waals surface area (Å²) in [5.41, 5.74) is 5.21. The molecule has 0 atom stereocenters. The molecule has 8 heteroatoms. The van der Waals surface area contributed by atoms with Crippen molar-refractivity contribution in [3.8, 4) is 0 Å². The van der Waals surface area contributed by atoms with Crippen LogP contribution in [0.1, 0.15) is 10.4 Å². The number of benzene rings is 1. The Kier molecular flexibility index (Phi) is 3.91. The van der Waals surface area contributed by atoms with Gasteiger partial charge in [-0.3, -0.25) is 4.79 Å². The van der Waals surface area contributed by atoms with Gasteiger partial charge in [0.15, 0.2) is 5.16 Å². The highest BCUT2D eigenvalue weighted by molar-refractivity contribution is 9.10. The van der Waals surface area contributed by atoms with E-state index in [2.05, 4.69) is 25.9 Å². The normalized spacial score (nSPS) is 10.4. The van der Waals surface area contributed by atoms with E-state index in [0.29, 0.717) is 4.90 Å². The van der Waals surface area contributed by atoms with Crippen LogP contribution in [0.2, 0.25) is 0 Å². The van der Waals surface area contributed by atoms with E-state index < -0.39 is 5.97 Å². The Labute approximate surface area is 120 Å². The van der Waals surface area contributed by atoms with Crippen LogP contribution in [-0.2, 0) is 0 Å². The zero-order valence-corrected chi connectivity index (χ0v) is 11.8. The maximum Gasteiger partial charge on any atom is 0.336 e. The van der Waals surface area contributed by atoms with Gasteiger partial charge in [-0.2, -0.15) is 0 Å². The molecule has 1 heterocycles. The first-order chi connectivity index (χ1) is 8.95. The van der Waals surface area contributed by atoms with Crippen LogP contribution in [0.15, 0.2) is 43.6 Å². The molecule has 0 aliphatic rings. The summed E-state index contributed by atoms with van der Waals surface area (Å²) in [6.45, 7) is 0. The van der Waals surface area contributed by atoms with Gasteiger partial charge in [0, 0.05) is 15.4 Å². The smallest absolute Gasteiger partial charge is 0.336 e. The lowest BCUT2D eigenvalue weighted by atomic mass is 10.2. The number of carboxylic acid groups (broad SMARTS) is 1. The van der Waals surface area contributed by atoms with Gasteiger partial charge in [-0.05, 0) is 18.2 Å². The number of aromatic nitrogens is 2. The van der Waals surface area contributed by atoms with Crippen molar-refractivity contribution in [1.82, 2.24) is 9.97 Å². The SMILES string of the molecule is Nc1cc(=O)[nH]c(Sc2cc(Br)ccc2C(=O)O)n1. The molecule has 0 saturated carbocycles. The van der Waals surface area contributed by atoms with Crippen molar-refractivity contribution in [2.75, 3.05) is 5.73 Å². The van der Waals surface area contributed by atoms with Crippen LogP contribution >= 0.6 is 27.7 Å². The zero-order chi connectivity index (χ0) is 14.0. The fraction of sp³-hybridized carbons (Fsp3) is 0. The van der Waals surface area contributed by atoms with Gasteiger partial charge in [0.1, 0.15) is 5.82 Å². The van der Waals surface area contributed by atoms with Gasteiger partial charge >= 0.3 is 5.97 Å². The fourth-order valence-electron chi connectivity index (χ4n) is 1.36. The minimum absolute atomic E-state index is 0.0816. The van der Waals surface area contributed by atoms with Gasteiger partial charge in [-0.25, -0.2) is 9.78 Å². The maximum atomic E-state index is 11.3. The van der Waals surface area contributed by atoms with E-state index in [1.165, 1.54) is 6.07 Å². The molecule has 2 aromatic rings. The van der Waals surface area contributed by atoms with Crippen molar-refractivity contribution in [2.24, 2.45) is 0 Å². The van der Waals surface area contributed by atoms with Gasteiger partial charge in [0.25, 0.3) is 5.56 Å². The van der Waals surface area contributed by atoms with Crippen molar-refractivity contribution in [2.45, 2.75) is 10.1 Å². The number of nitrogens with two attached hydrogens (primary N) is 1.